The molecule has 7 aromatic carbocycles. The summed E-state index contributed by atoms with van der Waals surface area (Å²) in [6, 6.07) is 43.2. The average molecular weight is 1410 g/mol. The Morgan fingerprint density at radius 1 is 0.194 bits per heavy atom. The zero-order valence-electron chi connectivity index (χ0n) is 80.5. The molecule has 0 radical (unpaired) electrons. The fourth-order valence-corrected chi connectivity index (χ4v) is 13.1. The van der Waals surface area contributed by atoms with Gasteiger partial charge in [0.2, 0.25) is 0 Å². The summed E-state index contributed by atoms with van der Waals surface area (Å²) in [5, 5.41) is 0. The highest BCUT2D eigenvalue weighted by atomic mass is 14.4. The van der Waals surface area contributed by atoms with E-state index in [1.807, 2.05) is 20.8 Å². The van der Waals surface area contributed by atoms with E-state index in [1.54, 1.807) is 6.92 Å². The second-order valence-electron chi connectivity index (χ2n) is 44.4. The van der Waals surface area contributed by atoms with Crippen molar-refractivity contribution in [3.63, 3.8) is 0 Å². The van der Waals surface area contributed by atoms with Gasteiger partial charge in [-0.15, -0.1) is 0 Å². The van der Waals surface area contributed by atoms with Crippen LogP contribution in [0.5, 0.6) is 0 Å². The first-order chi connectivity index (χ1) is 47.2. The standard InChI is InChI=1S/3C18H30.C14H22.2C12H18.C11H16/c1-16(2,3)13-10-14(17(4,5)6)12-15(11-13)18(7,8)9;2*1-16(2,3)13-10-11-14(17(4,5)6)15(12-13)18(7,8)9;1-13(2,3)11-9-7-8-10-12(11)14(4,5)6;2*1-9-7-6-8-10(2)11(9)12(3,4)5;1-9-6-5-7-10(8-9)11(2,3)4/h3*10-12H,1-9H3;7-10H,1-6H3;2*6-8H,1-5H3;5-8H,1-4H3/i;;;;;;5D,6D,7D,8D. The van der Waals surface area contributed by atoms with E-state index in [9.17, 15) is 0 Å². The highest BCUT2D eigenvalue weighted by Crippen LogP contribution is 2.41. The zero-order chi connectivity index (χ0) is 84.7. The molecule has 7 aromatic rings. The molecule has 0 nitrogen and oxygen atoms in total. The Labute approximate surface area is 648 Å². The normalized spacial score (nSPS) is 13.5. The highest BCUT2D eigenvalue weighted by Gasteiger charge is 2.31. The van der Waals surface area contributed by atoms with E-state index in [2.05, 4.69) is 413 Å². The molecule has 0 atom stereocenters. The smallest absolute Gasteiger partial charge is 0.0620 e. The van der Waals surface area contributed by atoms with Gasteiger partial charge in [0.25, 0.3) is 0 Å². The van der Waals surface area contributed by atoms with Gasteiger partial charge in [0, 0.05) is 0 Å². The molecule has 576 valence electrons. The summed E-state index contributed by atoms with van der Waals surface area (Å²) in [6.45, 7) is 105. The lowest BCUT2D eigenvalue weighted by Gasteiger charge is -2.32. The fourth-order valence-electron chi connectivity index (χ4n) is 13.1. The molecule has 0 aliphatic rings. The molecule has 0 heteroatoms. The number of aryl methyl sites for hydroxylation is 4. The van der Waals surface area contributed by atoms with Gasteiger partial charge >= 0.3 is 0 Å². The van der Waals surface area contributed by atoms with Crippen molar-refractivity contribution in [2.24, 2.45) is 0 Å². The Morgan fingerprint density at radius 3 is 0.612 bits per heavy atom. The molecule has 103 heavy (non-hydrogen) atoms. The van der Waals surface area contributed by atoms with Crippen molar-refractivity contribution < 1.29 is 5.48 Å². The predicted octanol–water partition coefficient (Wildman–Crippen LogP) is 31.5. The summed E-state index contributed by atoms with van der Waals surface area (Å²) < 4.78 is 31.0. The molecule has 0 bridgehead atoms. The first-order valence-corrected chi connectivity index (χ1v) is 39.0. The Morgan fingerprint density at radius 2 is 0.417 bits per heavy atom. The second-order valence-corrected chi connectivity index (χ2v) is 44.4. The summed E-state index contributed by atoms with van der Waals surface area (Å²) in [6.07, 6.45) is 0. The zero-order valence-corrected chi connectivity index (χ0v) is 76.5. The number of hydrogen-bond acceptors (Lipinski definition) is 0. The van der Waals surface area contributed by atoms with Gasteiger partial charge < -0.3 is 0 Å². The van der Waals surface area contributed by atoms with E-state index in [1.165, 1.54) is 94.6 Å². The van der Waals surface area contributed by atoms with E-state index >= 15 is 0 Å². The molecule has 0 heterocycles. The Balaban J connectivity index is 0.000000628. The monoisotopic (exact) mass is 1410 g/mol. The summed E-state index contributed by atoms with van der Waals surface area (Å²) in [4.78, 5) is 0. The number of hydrogen-bond donors (Lipinski definition) is 0. The minimum absolute atomic E-state index is 0.00185. The van der Waals surface area contributed by atoms with Crippen LogP contribution in [0.2, 0.25) is 0 Å². The largest absolute Gasteiger partial charge is 0.0629 e. The quantitative estimate of drug-likeness (QED) is 0.142. The summed E-state index contributed by atoms with van der Waals surface area (Å²) in [7, 11) is 0. The van der Waals surface area contributed by atoms with Gasteiger partial charge in [-0.05, 0) is 211 Å². The van der Waals surface area contributed by atoms with E-state index in [0.29, 0.717) is 11.1 Å². The maximum absolute atomic E-state index is 7.91. The van der Waals surface area contributed by atoms with Crippen LogP contribution in [0, 0.1) is 34.6 Å². The van der Waals surface area contributed by atoms with Crippen LogP contribution in [-0.2, 0) is 75.8 Å². The Kier molecular flexibility index (Phi) is 30.0. The van der Waals surface area contributed by atoms with Crippen molar-refractivity contribution in [1.82, 2.24) is 0 Å². The lowest BCUT2D eigenvalue weighted by atomic mass is 9.73. The molecular formula is C103H164. The maximum Gasteiger partial charge on any atom is 0.0629 e. The van der Waals surface area contributed by atoms with E-state index in [-0.39, 0.29) is 100.0 Å². The van der Waals surface area contributed by atoms with Crippen LogP contribution < -0.4 is 0 Å². The van der Waals surface area contributed by atoms with E-state index < -0.39 is 0 Å². The number of benzene rings is 7. The maximum atomic E-state index is 7.91. The van der Waals surface area contributed by atoms with Crippen molar-refractivity contribution in [3.05, 3.63) is 245 Å². The van der Waals surface area contributed by atoms with Crippen LogP contribution in [0.4, 0.5) is 0 Å². The van der Waals surface area contributed by atoms with Crippen molar-refractivity contribution in [3.8, 4) is 0 Å². The first kappa shape index (κ1) is 88.2. The van der Waals surface area contributed by atoms with Gasteiger partial charge in [-0.1, -0.05) is 436 Å². The topological polar surface area (TPSA) is 0 Å². The van der Waals surface area contributed by atoms with Gasteiger partial charge in [-0.2, -0.15) is 0 Å². The van der Waals surface area contributed by atoms with Crippen molar-refractivity contribution in [2.45, 2.75) is 401 Å². The van der Waals surface area contributed by atoms with Crippen LogP contribution in [0.3, 0.4) is 0 Å². The summed E-state index contributed by atoms with van der Waals surface area (Å²) in [5.41, 5.74) is 28.3. The Bertz CT molecular complexity index is 3670. The van der Waals surface area contributed by atoms with Crippen LogP contribution in [0.15, 0.2) is 139 Å². The van der Waals surface area contributed by atoms with Crippen LogP contribution >= 0.6 is 0 Å². The fraction of sp³-hybridized carbons (Fsp3) is 0.592. The van der Waals surface area contributed by atoms with Gasteiger partial charge in [-0.25, -0.2) is 0 Å². The van der Waals surface area contributed by atoms with Crippen LogP contribution in [0.25, 0.3) is 0 Å². The molecule has 0 aliphatic heterocycles. The van der Waals surface area contributed by atoms with Gasteiger partial charge in [0.1, 0.15) is 0 Å². The average Bonchev–Trinajstić information content (AvgIpc) is 0.788. The van der Waals surface area contributed by atoms with Crippen molar-refractivity contribution >= 4 is 0 Å². The third kappa shape index (κ3) is 31.5. The number of rotatable bonds is 0. The third-order valence-corrected chi connectivity index (χ3v) is 19.0. The molecule has 0 saturated carbocycles. The minimum Gasteiger partial charge on any atom is -0.0620 e. The molecule has 0 amide bonds. The lowest BCUT2D eigenvalue weighted by Crippen LogP contribution is -2.23. The molecule has 0 fully saturated rings. The minimum atomic E-state index is -0.331. The highest BCUT2D eigenvalue weighted by molar-refractivity contribution is 5.46. The molecule has 0 N–H and O–H groups in total. The molecule has 0 unspecified atom stereocenters. The first-order valence-electron chi connectivity index (χ1n) is 41.0. The van der Waals surface area contributed by atoms with Gasteiger partial charge in [0.15, 0.2) is 0 Å². The Hall–Kier alpha value is -5.46. The third-order valence-electron chi connectivity index (χ3n) is 19.0. The van der Waals surface area contributed by atoms with Crippen molar-refractivity contribution in [2.75, 3.05) is 0 Å². The van der Waals surface area contributed by atoms with Crippen LogP contribution in [0.1, 0.15) is 402 Å². The lowest BCUT2D eigenvalue weighted by molar-refractivity contribution is 0.523. The SMILES string of the molecule is CC(C)(C)c1cc(C(C)(C)C)cc(C(C)(C)C)c1.CC(C)(C)c1ccc(C(C)(C)C)c(C(C)(C)C)c1.CC(C)(C)c1ccc(C(C)(C)C)c(C(C)(C)C)c1.CC(C)(C)c1ccccc1C(C)(C)C.Cc1cccc(C)c1C(C)(C)C.Cc1cccc(C)c1C(C)(C)C.[2H]c1c([2H])c(C)c([2H])c(C(C)(C)C)c1[2H]. The van der Waals surface area contributed by atoms with Crippen molar-refractivity contribution in [1.29, 1.82) is 0 Å². The van der Waals surface area contributed by atoms with Gasteiger partial charge in [-0.3, -0.25) is 0 Å². The molecule has 0 aromatic heterocycles. The predicted molar refractivity (Wildman–Crippen MR) is 471 cm³/mol. The van der Waals surface area contributed by atoms with Gasteiger partial charge in [0.05, 0.1) is 5.48 Å². The van der Waals surface area contributed by atoms with Crippen LogP contribution in [-0.4, -0.2) is 0 Å². The second kappa shape index (κ2) is 35.1. The molecule has 0 aliphatic carbocycles. The molecule has 7 rings (SSSR count). The van der Waals surface area contributed by atoms with E-state index in [0.717, 1.165) is 0 Å². The molecule has 0 spiro atoms. The summed E-state index contributed by atoms with van der Waals surface area (Å²) >= 11 is 0. The molecule has 0 saturated heterocycles. The van der Waals surface area contributed by atoms with E-state index in [4.69, 9.17) is 5.48 Å². The summed E-state index contributed by atoms with van der Waals surface area (Å²) in [5.74, 6) is 0. The molecular weight excluding hydrogens is 1240 g/mol.